The van der Waals surface area contributed by atoms with Crippen molar-refractivity contribution < 1.29 is 14.7 Å². The molecule has 0 saturated carbocycles. The van der Waals surface area contributed by atoms with Crippen LogP contribution in [0, 0.1) is 0 Å². The molecule has 1 aromatic rings. The molecule has 4 nitrogen and oxygen atoms in total. The first-order valence-corrected chi connectivity index (χ1v) is 6.23. The van der Waals surface area contributed by atoms with Crippen LogP contribution in [0.3, 0.4) is 0 Å². The summed E-state index contributed by atoms with van der Waals surface area (Å²) in [6, 6.07) is 2.57. The van der Waals surface area contributed by atoms with Gasteiger partial charge in [-0.1, -0.05) is 36.5 Å². The minimum Gasteiger partial charge on any atom is -0.478 e. The van der Waals surface area contributed by atoms with Crippen LogP contribution in [0.1, 0.15) is 36.5 Å². The lowest BCUT2D eigenvalue weighted by Gasteiger charge is -2.09. The second-order valence-electron chi connectivity index (χ2n) is 3.77. The van der Waals surface area contributed by atoms with Crippen molar-refractivity contribution in [2.75, 3.05) is 5.32 Å². The Kier molecular flexibility index (Phi) is 5.44. The molecule has 6 heteroatoms. The van der Waals surface area contributed by atoms with Gasteiger partial charge in [0.2, 0.25) is 5.91 Å². The Labute approximate surface area is 115 Å². The fourth-order valence-electron chi connectivity index (χ4n) is 1.36. The number of hydrogen-bond acceptors (Lipinski definition) is 2. The topological polar surface area (TPSA) is 66.4 Å². The van der Waals surface area contributed by atoms with Gasteiger partial charge in [0.1, 0.15) is 0 Å². The van der Waals surface area contributed by atoms with Crippen molar-refractivity contribution in [3.8, 4) is 0 Å². The highest BCUT2D eigenvalue weighted by molar-refractivity contribution is 6.38. The van der Waals surface area contributed by atoms with E-state index in [-0.39, 0.29) is 27.2 Å². The van der Waals surface area contributed by atoms with Crippen LogP contribution in [0.15, 0.2) is 12.1 Å². The number of halogens is 2. The van der Waals surface area contributed by atoms with Crippen molar-refractivity contribution in [2.45, 2.75) is 26.2 Å². The fraction of sp³-hybridized carbons (Fsp3) is 0.333. The van der Waals surface area contributed by atoms with Gasteiger partial charge in [0.15, 0.2) is 0 Å². The zero-order chi connectivity index (χ0) is 13.7. The molecule has 0 aliphatic carbocycles. The third-order valence-electron chi connectivity index (χ3n) is 2.32. The molecule has 0 atom stereocenters. The summed E-state index contributed by atoms with van der Waals surface area (Å²) in [5, 5.41) is 11.7. The molecule has 0 aliphatic heterocycles. The van der Waals surface area contributed by atoms with E-state index in [4.69, 9.17) is 28.3 Å². The molecular weight excluding hydrogens is 277 g/mol. The number of hydrogen-bond donors (Lipinski definition) is 2. The number of aromatic carboxylic acids is 1. The lowest BCUT2D eigenvalue weighted by molar-refractivity contribution is -0.116. The smallest absolute Gasteiger partial charge is 0.337 e. The SMILES string of the molecule is CCCCC(=O)Nc1cc(C(=O)O)c(Cl)cc1Cl. The van der Waals surface area contributed by atoms with Gasteiger partial charge in [-0.25, -0.2) is 4.79 Å². The van der Waals surface area contributed by atoms with E-state index in [1.165, 1.54) is 12.1 Å². The third-order valence-corrected chi connectivity index (χ3v) is 2.94. The summed E-state index contributed by atoms with van der Waals surface area (Å²) in [6.07, 6.45) is 2.04. The van der Waals surface area contributed by atoms with Gasteiger partial charge in [0.05, 0.1) is 21.3 Å². The first-order valence-electron chi connectivity index (χ1n) is 5.48. The van der Waals surface area contributed by atoms with E-state index >= 15 is 0 Å². The quantitative estimate of drug-likeness (QED) is 0.866. The predicted octanol–water partition coefficient (Wildman–Crippen LogP) is 3.82. The Morgan fingerprint density at radius 2 is 1.94 bits per heavy atom. The van der Waals surface area contributed by atoms with Crippen LogP contribution in [-0.2, 0) is 4.79 Å². The number of carboxylic acid groups (broad SMARTS) is 1. The lowest BCUT2D eigenvalue weighted by atomic mass is 10.2. The van der Waals surface area contributed by atoms with E-state index in [1.807, 2.05) is 6.92 Å². The first-order chi connectivity index (χ1) is 8.45. The van der Waals surface area contributed by atoms with Crippen molar-refractivity contribution in [2.24, 2.45) is 0 Å². The summed E-state index contributed by atoms with van der Waals surface area (Å²) in [5.41, 5.74) is 0.173. The van der Waals surface area contributed by atoms with Gasteiger partial charge >= 0.3 is 5.97 Å². The maximum absolute atomic E-state index is 11.5. The van der Waals surface area contributed by atoms with Crippen LogP contribution < -0.4 is 5.32 Å². The number of carbonyl (C=O) groups is 2. The van der Waals surface area contributed by atoms with Gasteiger partial charge in [-0.2, -0.15) is 0 Å². The van der Waals surface area contributed by atoms with E-state index in [2.05, 4.69) is 5.32 Å². The summed E-state index contributed by atoms with van der Waals surface area (Å²) < 4.78 is 0. The van der Waals surface area contributed by atoms with Gasteiger partial charge in [0, 0.05) is 6.42 Å². The molecular formula is C12H13Cl2NO3. The Morgan fingerprint density at radius 3 is 2.50 bits per heavy atom. The number of rotatable bonds is 5. The lowest BCUT2D eigenvalue weighted by Crippen LogP contribution is -2.12. The number of carboxylic acids is 1. The van der Waals surface area contributed by atoms with Gasteiger partial charge < -0.3 is 10.4 Å². The van der Waals surface area contributed by atoms with Crippen LogP contribution in [0.4, 0.5) is 5.69 Å². The summed E-state index contributed by atoms with van der Waals surface area (Å²) in [6.45, 7) is 1.98. The van der Waals surface area contributed by atoms with E-state index in [1.54, 1.807) is 0 Å². The maximum atomic E-state index is 11.5. The van der Waals surface area contributed by atoms with E-state index < -0.39 is 5.97 Å². The van der Waals surface area contributed by atoms with Crippen molar-refractivity contribution in [3.63, 3.8) is 0 Å². The minimum atomic E-state index is -1.17. The highest BCUT2D eigenvalue weighted by Crippen LogP contribution is 2.29. The second-order valence-corrected chi connectivity index (χ2v) is 4.58. The van der Waals surface area contributed by atoms with E-state index in [9.17, 15) is 9.59 Å². The van der Waals surface area contributed by atoms with Gasteiger partial charge in [0.25, 0.3) is 0 Å². The normalized spacial score (nSPS) is 10.2. The number of benzene rings is 1. The molecule has 0 aromatic heterocycles. The number of nitrogens with one attached hydrogen (secondary N) is 1. The first kappa shape index (κ1) is 14.8. The third kappa shape index (κ3) is 3.89. The molecule has 1 aromatic carbocycles. The van der Waals surface area contributed by atoms with Gasteiger partial charge in [-0.05, 0) is 18.6 Å². The Bertz CT molecular complexity index is 475. The summed E-state index contributed by atoms with van der Waals surface area (Å²) in [4.78, 5) is 22.4. The maximum Gasteiger partial charge on any atom is 0.337 e. The van der Waals surface area contributed by atoms with Crippen molar-refractivity contribution in [3.05, 3.63) is 27.7 Å². The average molecular weight is 290 g/mol. The van der Waals surface area contributed by atoms with Crippen molar-refractivity contribution in [1.82, 2.24) is 0 Å². The Balaban J connectivity index is 2.92. The summed E-state index contributed by atoms with van der Waals surface area (Å²) in [5.74, 6) is -1.36. The van der Waals surface area contributed by atoms with Crippen LogP contribution in [0.25, 0.3) is 0 Å². The van der Waals surface area contributed by atoms with E-state index in [0.717, 1.165) is 12.8 Å². The molecule has 0 fully saturated rings. The number of amides is 1. The standard InChI is InChI=1S/C12H13Cl2NO3/c1-2-3-4-11(16)15-10-5-7(12(17)18)8(13)6-9(10)14/h5-6H,2-4H2,1H3,(H,15,16)(H,17,18). The predicted molar refractivity (Wildman–Crippen MR) is 71.6 cm³/mol. The molecule has 0 heterocycles. The second kappa shape index (κ2) is 6.61. The summed E-state index contributed by atoms with van der Waals surface area (Å²) >= 11 is 11.6. The molecule has 98 valence electrons. The van der Waals surface area contributed by atoms with Gasteiger partial charge in [-0.15, -0.1) is 0 Å². The fourth-order valence-corrected chi connectivity index (χ4v) is 1.87. The number of unbranched alkanes of at least 4 members (excludes halogenated alkanes) is 1. The van der Waals surface area contributed by atoms with Crippen LogP contribution in [-0.4, -0.2) is 17.0 Å². The van der Waals surface area contributed by atoms with Gasteiger partial charge in [-0.3, -0.25) is 4.79 Å². The highest BCUT2D eigenvalue weighted by Gasteiger charge is 2.14. The molecule has 0 saturated heterocycles. The molecule has 0 spiro atoms. The van der Waals surface area contributed by atoms with E-state index in [0.29, 0.717) is 6.42 Å². The molecule has 18 heavy (non-hydrogen) atoms. The monoisotopic (exact) mass is 289 g/mol. The molecule has 0 unspecified atom stereocenters. The zero-order valence-electron chi connectivity index (χ0n) is 9.80. The molecule has 1 amide bonds. The Morgan fingerprint density at radius 1 is 1.28 bits per heavy atom. The average Bonchev–Trinajstić information content (AvgIpc) is 2.29. The molecule has 0 radical (unpaired) electrons. The van der Waals surface area contributed by atoms with Crippen molar-refractivity contribution >= 4 is 40.8 Å². The minimum absolute atomic E-state index is 0.0408. The van der Waals surface area contributed by atoms with Crippen molar-refractivity contribution in [1.29, 1.82) is 0 Å². The molecule has 2 N–H and O–H groups in total. The van der Waals surface area contributed by atoms with Crippen LogP contribution in [0.5, 0.6) is 0 Å². The number of carbonyl (C=O) groups excluding carboxylic acids is 1. The molecule has 1 rings (SSSR count). The Hall–Kier alpha value is -1.26. The number of anilines is 1. The summed E-state index contributed by atoms with van der Waals surface area (Å²) in [7, 11) is 0. The highest BCUT2D eigenvalue weighted by atomic mass is 35.5. The zero-order valence-corrected chi connectivity index (χ0v) is 11.3. The van der Waals surface area contributed by atoms with Crippen LogP contribution >= 0.6 is 23.2 Å². The molecule has 0 bridgehead atoms. The largest absolute Gasteiger partial charge is 0.478 e. The molecule has 0 aliphatic rings. The van der Waals surface area contributed by atoms with Crippen LogP contribution in [0.2, 0.25) is 10.0 Å².